The van der Waals surface area contributed by atoms with Gasteiger partial charge in [-0.25, -0.2) is 4.39 Å². The minimum atomic E-state index is -0.784. The summed E-state index contributed by atoms with van der Waals surface area (Å²) in [6, 6.07) is 17.1. The molecule has 0 spiro atoms. The number of hydrogen-bond acceptors (Lipinski definition) is 5. The van der Waals surface area contributed by atoms with Gasteiger partial charge in [0.05, 0.1) is 11.8 Å². The molecule has 1 saturated carbocycles. The predicted molar refractivity (Wildman–Crippen MR) is 174 cm³/mol. The molecule has 2 saturated heterocycles. The molecule has 3 fully saturated rings. The summed E-state index contributed by atoms with van der Waals surface area (Å²) in [6.45, 7) is 13.2. The first kappa shape index (κ1) is 31.7. The van der Waals surface area contributed by atoms with E-state index >= 15 is 0 Å². The van der Waals surface area contributed by atoms with E-state index in [-0.39, 0.29) is 17.7 Å². The average Bonchev–Trinajstić information content (AvgIpc) is 3.58. The molecule has 0 amide bonds. The Labute approximate surface area is 267 Å². The number of carboxylic acid groups (broad SMARTS) is 1. The number of aliphatic carboxylic acids is 1. The number of piperidine rings is 1. The molecule has 2 aromatic carbocycles. The molecule has 1 aromatic heterocycles. The zero-order valence-corrected chi connectivity index (χ0v) is 27.3. The maximum absolute atomic E-state index is 14.3. The zero-order valence-electron chi connectivity index (χ0n) is 27.3. The second-order valence-corrected chi connectivity index (χ2v) is 14.6. The molecule has 3 aromatic rings. The van der Waals surface area contributed by atoms with Gasteiger partial charge < -0.3 is 14.7 Å². The molecule has 6 rings (SSSR count). The minimum absolute atomic E-state index is 0.0982. The van der Waals surface area contributed by atoms with Crippen molar-refractivity contribution in [1.29, 1.82) is 0 Å². The monoisotopic (exact) mass is 616 g/mol. The summed E-state index contributed by atoms with van der Waals surface area (Å²) >= 11 is 0. The second kappa shape index (κ2) is 13.2. The van der Waals surface area contributed by atoms with Crippen molar-refractivity contribution in [3.63, 3.8) is 0 Å². The van der Waals surface area contributed by atoms with Gasteiger partial charge in [0.2, 0.25) is 0 Å². The van der Waals surface area contributed by atoms with Gasteiger partial charge in [-0.3, -0.25) is 14.4 Å². The first-order chi connectivity index (χ1) is 21.6. The Morgan fingerprint density at radius 2 is 1.78 bits per heavy atom. The van der Waals surface area contributed by atoms with Gasteiger partial charge in [-0.05, 0) is 98.5 Å². The number of halogens is 1. The lowest BCUT2D eigenvalue weighted by Crippen LogP contribution is -2.48. The number of rotatable bonds is 11. The topological polar surface area (TPSA) is 70.8 Å². The number of ether oxygens (including phenoxy) is 1. The molecule has 3 aliphatic rings. The van der Waals surface area contributed by atoms with Crippen LogP contribution in [0.25, 0.3) is 0 Å². The Morgan fingerprint density at radius 3 is 2.40 bits per heavy atom. The van der Waals surface area contributed by atoms with E-state index in [9.17, 15) is 14.3 Å². The van der Waals surface area contributed by atoms with Gasteiger partial charge >= 0.3 is 5.97 Å². The Hall–Kier alpha value is -3.23. The summed E-state index contributed by atoms with van der Waals surface area (Å²) in [5.74, 6) is 0.739. The van der Waals surface area contributed by atoms with Crippen LogP contribution in [-0.4, -0.2) is 75.5 Å². The third-order valence-corrected chi connectivity index (χ3v) is 9.96. The van der Waals surface area contributed by atoms with E-state index in [1.165, 1.54) is 17.3 Å². The van der Waals surface area contributed by atoms with Crippen LogP contribution in [-0.2, 0) is 17.8 Å². The van der Waals surface area contributed by atoms with E-state index in [1.807, 2.05) is 26.8 Å². The van der Waals surface area contributed by atoms with E-state index in [4.69, 9.17) is 9.84 Å². The highest BCUT2D eigenvalue weighted by Gasteiger charge is 2.44. The van der Waals surface area contributed by atoms with Crippen molar-refractivity contribution in [3.8, 4) is 5.75 Å². The lowest BCUT2D eigenvalue weighted by atomic mass is 9.85. The highest BCUT2D eigenvalue weighted by molar-refractivity contribution is 5.74. The Morgan fingerprint density at radius 1 is 1.04 bits per heavy atom. The fraction of sp³-hybridized carbons (Fsp3) is 0.568. The summed E-state index contributed by atoms with van der Waals surface area (Å²) in [7, 11) is 0. The predicted octanol–water partition coefficient (Wildman–Crippen LogP) is 6.57. The molecule has 7 nitrogen and oxygen atoms in total. The molecule has 45 heavy (non-hydrogen) atoms. The van der Waals surface area contributed by atoms with Crippen molar-refractivity contribution in [2.45, 2.75) is 90.3 Å². The average molecular weight is 617 g/mol. The summed E-state index contributed by atoms with van der Waals surface area (Å²) < 4.78 is 22.4. The van der Waals surface area contributed by atoms with Crippen LogP contribution in [0.5, 0.6) is 5.75 Å². The van der Waals surface area contributed by atoms with Gasteiger partial charge in [0, 0.05) is 50.1 Å². The van der Waals surface area contributed by atoms with Gasteiger partial charge in [0.15, 0.2) is 0 Å². The molecule has 242 valence electrons. The number of benzene rings is 2. The summed E-state index contributed by atoms with van der Waals surface area (Å²) in [6.07, 6.45) is 5.69. The Balaban J connectivity index is 1.10. The van der Waals surface area contributed by atoms with Crippen molar-refractivity contribution < 1.29 is 19.0 Å². The van der Waals surface area contributed by atoms with Gasteiger partial charge in [-0.1, -0.05) is 45.0 Å². The summed E-state index contributed by atoms with van der Waals surface area (Å²) in [4.78, 5) is 17.1. The minimum Gasteiger partial charge on any atom is -0.490 e. The van der Waals surface area contributed by atoms with Crippen LogP contribution in [0.2, 0.25) is 0 Å². The first-order valence-electron chi connectivity index (χ1n) is 16.8. The van der Waals surface area contributed by atoms with Crippen molar-refractivity contribution in [3.05, 3.63) is 82.9 Å². The number of nitrogens with zero attached hydrogens (tertiary/aromatic N) is 4. The van der Waals surface area contributed by atoms with E-state index in [0.717, 1.165) is 75.3 Å². The highest BCUT2D eigenvalue weighted by Crippen LogP contribution is 2.39. The van der Waals surface area contributed by atoms with Crippen molar-refractivity contribution in [1.82, 2.24) is 19.6 Å². The number of carbonyl (C=O) groups is 1. The van der Waals surface area contributed by atoms with Gasteiger partial charge in [0.25, 0.3) is 0 Å². The van der Waals surface area contributed by atoms with E-state index in [2.05, 4.69) is 51.7 Å². The molecule has 2 aliphatic heterocycles. The largest absolute Gasteiger partial charge is 0.490 e. The smallest absolute Gasteiger partial charge is 0.321 e. The van der Waals surface area contributed by atoms with Crippen LogP contribution >= 0.6 is 0 Å². The van der Waals surface area contributed by atoms with Crippen LogP contribution < -0.4 is 4.74 Å². The maximum atomic E-state index is 14.3. The van der Waals surface area contributed by atoms with E-state index in [1.54, 1.807) is 12.1 Å². The van der Waals surface area contributed by atoms with Crippen LogP contribution in [0.4, 0.5) is 4.39 Å². The van der Waals surface area contributed by atoms with Gasteiger partial charge in [0.1, 0.15) is 17.6 Å². The van der Waals surface area contributed by atoms with Crippen LogP contribution in [0, 0.1) is 17.2 Å². The quantitative estimate of drug-likeness (QED) is 0.263. The number of aromatic nitrogens is 2. The molecule has 0 bridgehead atoms. The Bertz CT molecular complexity index is 1450. The Kier molecular flexibility index (Phi) is 9.34. The summed E-state index contributed by atoms with van der Waals surface area (Å²) in [5.41, 5.74) is 4.26. The molecule has 0 unspecified atom stereocenters. The standard InChI is InChI=1S/C37H49FN4O3/c1-5-42-34(21-30(39-42)19-25-9-11-31(12-10-25)45-32-13-14-32)26-15-17-40(18-16-26)22-28-23-41(35(36(43)44)37(2,3)4)24-33(28)27-7-6-8-29(38)20-27/h6-12,20-21,26,28,32-33,35H,5,13-19,22-24H2,1-4H3,(H,43,44)/t28-,33+,35-/m0/s1. The van der Waals surface area contributed by atoms with E-state index in [0.29, 0.717) is 25.1 Å². The second-order valence-electron chi connectivity index (χ2n) is 14.6. The molecule has 8 heteroatoms. The number of aryl methyl sites for hydroxylation is 1. The lowest BCUT2D eigenvalue weighted by Gasteiger charge is -2.36. The van der Waals surface area contributed by atoms with Crippen LogP contribution in [0.1, 0.15) is 87.7 Å². The molecule has 3 atom stereocenters. The van der Waals surface area contributed by atoms with Crippen LogP contribution in [0.3, 0.4) is 0 Å². The highest BCUT2D eigenvalue weighted by atomic mass is 19.1. The van der Waals surface area contributed by atoms with Gasteiger partial charge in [-0.15, -0.1) is 0 Å². The first-order valence-corrected chi connectivity index (χ1v) is 16.8. The molecular formula is C37H49FN4O3. The number of carboxylic acids is 1. The van der Waals surface area contributed by atoms with Crippen molar-refractivity contribution in [2.75, 3.05) is 32.7 Å². The van der Waals surface area contributed by atoms with Gasteiger partial charge in [-0.2, -0.15) is 5.10 Å². The molecule has 1 aliphatic carbocycles. The van der Waals surface area contributed by atoms with E-state index < -0.39 is 17.4 Å². The summed E-state index contributed by atoms with van der Waals surface area (Å²) in [5, 5.41) is 15.1. The molecule has 1 N–H and O–H groups in total. The third kappa shape index (κ3) is 7.60. The third-order valence-electron chi connectivity index (χ3n) is 9.96. The fourth-order valence-electron chi connectivity index (χ4n) is 7.66. The van der Waals surface area contributed by atoms with Crippen molar-refractivity contribution in [2.24, 2.45) is 11.3 Å². The fourth-order valence-corrected chi connectivity index (χ4v) is 7.66. The lowest BCUT2D eigenvalue weighted by molar-refractivity contribution is -0.147. The molecule has 0 radical (unpaired) electrons. The van der Waals surface area contributed by atoms with Crippen molar-refractivity contribution >= 4 is 5.97 Å². The zero-order chi connectivity index (χ0) is 31.7. The number of hydrogen-bond donors (Lipinski definition) is 1. The normalized spacial score (nSPS) is 22.5. The number of likely N-dealkylation sites (tertiary alicyclic amines) is 2. The molecular weight excluding hydrogens is 567 g/mol. The maximum Gasteiger partial charge on any atom is 0.321 e. The molecule has 3 heterocycles. The van der Waals surface area contributed by atoms with Crippen LogP contribution in [0.15, 0.2) is 54.6 Å². The SMILES string of the molecule is CCn1nc(Cc2ccc(OC3CC3)cc2)cc1C1CCN(C[C@H]2CN([C@@H](C(=O)O)C(C)(C)C)C[C@@H]2c2cccc(F)c2)CC1.